The van der Waals surface area contributed by atoms with E-state index in [4.69, 9.17) is 28.3 Å². The van der Waals surface area contributed by atoms with Gasteiger partial charge in [-0.3, -0.25) is 4.79 Å². The van der Waals surface area contributed by atoms with E-state index in [-0.39, 0.29) is 13.0 Å². The fourth-order valence-corrected chi connectivity index (χ4v) is 1.54. The number of urea groups is 1. The van der Waals surface area contributed by atoms with Crippen molar-refractivity contribution in [2.45, 2.75) is 12.8 Å². The monoisotopic (exact) mass is 290 g/mol. The van der Waals surface area contributed by atoms with Crippen LogP contribution in [0.4, 0.5) is 10.5 Å². The highest BCUT2D eigenvalue weighted by atomic mass is 35.5. The van der Waals surface area contributed by atoms with Gasteiger partial charge in [-0.25, -0.2) is 4.79 Å². The normalized spacial score (nSPS) is 9.89. The summed E-state index contributed by atoms with van der Waals surface area (Å²) in [5.74, 6) is -0.893. The Morgan fingerprint density at radius 2 is 2.00 bits per heavy atom. The van der Waals surface area contributed by atoms with Gasteiger partial charge in [0.2, 0.25) is 0 Å². The van der Waals surface area contributed by atoms with Crippen LogP contribution in [0.5, 0.6) is 0 Å². The van der Waals surface area contributed by atoms with E-state index >= 15 is 0 Å². The molecule has 98 valence electrons. The number of carbonyl (C=O) groups excluding carboxylic acids is 1. The third kappa shape index (κ3) is 5.25. The van der Waals surface area contributed by atoms with E-state index in [9.17, 15) is 9.59 Å². The van der Waals surface area contributed by atoms with Crippen LogP contribution >= 0.6 is 23.2 Å². The first-order chi connectivity index (χ1) is 8.49. The molecule has 0 spiro atoms. The number of carbonyl (C=O) groups is 2. The lowest BCUT2D eigenvalue weighted by Crippen LogP contribution is -2.29. The molecule has 1 aromatic carbocycles. The maximum atomic E-state index is 11.4. The highest BCUT2D eigenvalue weighted by Crippen LogP contribution is 2.25. The lowest BCUT2D eigenvalue weighted by molar-refractivity contribution is -0.137. The van der Waals surface area contributed by atoms with Crippen LogP contribution in [0.25, 0.3) is 0 Å². The molecule has 3 N–H and O–H groups in total. The van der Waals surface area contributed by atoms with Crippen molar-refractivity contribution < 1.29 is 14.7 Å². The lowest BCUT2D eigenvalue weighted by Gasteiger charge is -2.08. The molecule has 0 heterocycles. The molecular formula is C11H12Cl2N2O3. The molecule has 1 rings (SSSR count). The Morgan fingerprint density at radius 3 is 2.67 bits per heavy atom. The van der Waals surface area contributed by atoms with Crippen molar-refractivity contribution in [3.8, 4) is 0 Å². The van der Waals surface area contributed by atoms with Gasteiger partial charge in [-0.05, 0) is 24.6 Å². The third-order valence-electron chi connectivity index (χ3n) is 2.03. The SMILES string of the molecule is O=C(O)CCCNC(=O)Nc1cc(Cl)ccc1Cl. The van der Waals surface area contributed by atoms with E-state index in [0.29, 0.717) is 22.2 Å². The number of hydrogen-bond acceptors (Lipinski definition) is 2. The minimum atomic E-state index is -0.893. The molecule has 1 aromatic rings. The summed E-state index contributed by atoms with van der Waals surface area (Å²) in [6.07, 6.45) is 0.379. The van der Waals surface area contributed by atoms with Crippen molar-refractivity contribution in [3.05, 3.63) is 28.2 Å². The van der Waals surface area contributed by atoms with Gasteiger partial charge >= 0.3 is 12.0 Å². The summed E-state index contributed by atoms with van der Waals surface area (Å²) in [6, 6.07) is 4.26. The van der Waals surface area contributed by atoms with Gasteiger partial charge in [0.1, 0.15) is 0 Å². The zero-order valence-corrected chi connectivity index (χ0v) is 10.9. The molecule has 0 atom stereocenters. The number of anilines is 1. The zero-order valence-electron chi connectivity index (χ0n) is 9.37. The van der Waals surface area contributed by atoms with Crippen LogP contribution in [0.2, 0.25) is 10.0 Å². The van der Waals surface area contributed by atoms with Gasteiger partial charge in [0.05, 0.1) is 10.7 Å². The molecule has 0 saturated carbocycles. The summed E-state index contributed by atoms with van der Waals surface area (Å²) >= 11 is 11.6. The molecule has 7 heteroatoms. The van der Waals surface area contributed by atoms with Gasteiger partial charge in [-0.1, -0.05) is 23.2 Å². The van der Waals surface area contributed by atoms with Crippen molar-refractivity contribution in [1.82, 2.24) is 5.32 Å². The Kier molecular flexibility index (Phi) is 5.74. The van der Waals surface area contributed by atoms with Gasteiger partial charge in [0.15, 0.2) is 0 Å². The topological polar surface area (TPSA) is 78.4 Å². The summed E-state index contributed by atoms with van der Waals surface area (Å²) in [7, 11) is 0. The van der Waals surface area contributed by atoms with Crippen molar-refractivity contribution >= 4 is 40.9 Å². The lowest BCUT2D eigenvalue weighted by atomic mass is 10.3. The molecule has 2 amide bonds. The Bertz CT molecular complexity index is 452. The summed E-state index contributed by atoms with van der Waals surface area (Å²) in [4.78, 5) is 21.7. The summed E-state index contributed by atoms with van der Waals surface area (Å²) in [6.45, 7) is 0.274. The Labute approximate surface area is 114 Å². The second-order valence-electron chi connectivity index (χ2n) is 3.50. The minimum absolute atomic E-state index is 0.0121. The first kappa shape index (κ1) is 14.6. The fraction of sp³-hybridized carbons (Fsp3) is 0.273. The standard InChI is InChI=1S/C11H12Cl2N2O3/c12-7-3-4-8(13)9(6-7)15-11(18)14-5-1-2-10(16)17/h3-4,6H,1-2,5H2,(H,16,17)(H2,14,15,18). The quantitative estimate of drug-likeness (QED) is 0.730. The van der Waals surface area contributed by atoms with E-state index < -0.39 is 12.0 Å². The molecule has 0 aromatic heterocycles. The highest BCUT2D eigenvalue weighted by Gasteiger charge is 2.06. The number of aliphatic carboxylic acids is 1. The molecule has 0 bridgehead atoms. The van der Waals surface area contributed by atoms with Crippen molar-refractivity contribution in [2.75, 3.05) is 11.9 Å². The molecule has 0 unspecified atom stereocenters. The fourth-order valence-electron chi connectivity index (χ4n) is 1.20. The van der Waals surface area contributed by atoms with E-state index in [1.807, 2.05) is 0 Å². The van der Waals surface area contributed by atoms with Crippen LogP contribution < -0.4 is 10.6 Å². The molecule has 0 aliphatic rings. The van der Waals surface area contributed by atoms with E-state index in [2.05, 4.69) is 10.6 Å². The summed E-state index contributed by atoms with van der Waals surface area (Å²) < 4.78 is 0. The predicted molar refractivity (Wildman–Crippen MR) is 70.4 cm³/mol. The highest BCUT2D eigenvalue weighted by molar-refractivity contribution is 6.35. The Hall–Kier alpha value is -1.46. The van der Waals surface area contributed by atoms with Crippen LogP contribution in [-0.2, 0) is 4.79 Å². The zero-order chi connectivity index (χ0) is 13.5. The van der Waals surface area contributed by atoms with Crippen molar-refractivity contribution in [1.29, 1.82) is 0 Å². The molecule has 0 radical (unpaired) electrons. The number of rotatable bonds is 5. The number of hydrogen-bond donors (Lipinski definition) is 3. The van der Waals surface area contributed by atoms with Crippen LogP contribution in [0, 0.1) is 0 Å². The van der Waals surface area contributed by atoms with Crippen LogP contribution in [-0.4, -0.2) is 23.7 Å². The second kappa shape index (κ2) is 7.08. The predicted octanol–water partition coefficient (Wildman–Crippen LogP) is 2.98. The third-order valence-corrected chi connectivity index (χ3v) is 2.59. The molecule has 0 aliphatic carbocycles. The van der Waals surface area contributed by atoms with E-state index in [0.717, 1.165) is 0 Å². The molecule has 0 fully saturated rings. The minimum Gasteiger partial charge on any atom is -0.481 e. The van der Waals surface area contributed by atoms with Gasteiger partial charge < -0.3 is 15.7 Å². The van der Waals surface area contributed by atoms with Gasteiger partial charge in [0, 0.05) is 18.0 Å². The Morgan fingerprint density at radius 1 is 1.28 bits per heavy atom. The smallest absolute Gasteiger partial charge is 0.319 e. The number of nitrogens with one attached hydrogen (secondary N) is 2. The van der Waals surface area contributed by atoms with Crippen LogP contribution in [0.1, 0.15) is 12.8 Å². The van der Waals surface area contributed by atoms with Gasteiger partial charge in [0.25, 0.3) is 0 Å². The number of carboxylic acid groups (broad SMARTS) is 1. The van der Waals surface area contributed by atoms with Crippen molar-refractivity contribution in [2.24, 2.45) is 0 Å². The molecular weight excluding hydrogens is 279 g/mol. The maximum absolute atomic E-state index is 11.4. The second-order valence-corrected chi connectivity index (χ2v) is 4.35. The average molecular weight is 291 g/mol. The molecule has 0 saturated heterocycles. The molecule has 5 nitrogen and oxygen atoms in total. The van der Waals surface area contributed by atoms with E-state index in [1.54, 1.807) is 12.1 Å². The largest absolute Gasteiger partial charge is 0.481 e. The number of benzene rings is 1. The Balaban J connectivity index is 2.40. The first-order valence-electron chi connectivity index (χ1n) is 5.20. The number of carboxylic acids is 1. The summed E-state index contributed by atoms with van der Waals surface area (Å²) in [5.41, 5.74) is 0.403. The van der Waals surface area contributed by atoms with Gasteiger partial charge in [-0.15, -0.1) is 0 Å². The molecule has 18 heavy (non-hydrogen) atoms. The summed E-state index contributed by atoms with van der Waals surface area (Å²) in [5, 5.41) is 14.3. The molecule has 0 aliphatic heterocycles. The average Bonchev–Trinajstić information content (AvgIpc) is 2.29. The van der Waals surface area contributed by atoms with Crippen molar-refractivity contribution in [3.63, 3.8) is 0 Å². The number of amides is 2. The number of halogens is 2. The van der Waals surface area contributed by atoms with Gasteiger partial charge in [-0.2, -0.15) is 0 Å². The van der Waals surface area contributed by atoms with E-state index in [1.165, 1.54) is 6.07 Å². The van der Waals surface area contributed by atoms with Crippen LogP contribution in [0.15, 0.2) is 18.2 Å². The maximum Gasteiger partial charge on any atom is 0.319 e. The van der Waals surface area contributed by atoms with Crippen LogP contribution in [0.3, 0.4) is 0 Å². The first-order valence-corrected chi connectivity index (χ1v) is 5.96.